The largest absolute Gasteiger partial charge is 0.507 e. The maximum Gasteiger partial charge on any atom is 0.335 e. The molecule has 1 unspecified atom stereocenters. The fourth-order valence-electron chi connectivity index (χ4n) is 4.09. The van der Waals surface area contributed by atoms with Gasteiger partial charge in [0.05, 0.1) is 31.4 Å². The van der Waals surface area contributed by atoms with Gasteiger partial charge in [-0.3, -0.25) is 14.5 Å². The quantitative estimate of drug-likeness (QED) is 0.311. The van der Waals surface area contributed by atoms with E-state index in [0.29, 0.717) is 22.6 Å². The highest BCUT2D eigenvalue weighted by Gasteiger charge is 2.47. The third-order valence-corrected chi connectivity index (χ3v) is 5.86. The van der Waals surface area contributed by atoms with E-state index in [4.69, 9.17) is 9.47 Å². The van der Waals surface area contributed by atoms with Crippen LogP contribution in [-0.4, -0.2) is 42.1 Å². The lowest BCUT2D eigenvalue weighted by molar-refractivity contribution is -0.132. The molecular formula is C27H23NO7. The third-order valence-electron chi connectivity index (χ3n) is 5.86. The Morgan fingerprint density at radius 3 is 2.17 bits per heavy atom. The first-order valence-corrected chi connectivity index (χ1v) is 10.7. The molecule has 1 heterocycles. The van der Waals surface area contributed by atoms with Crippen molar-refractivity contribution in [2.24, 2.45) is 0 Å². The molecule has 1 atom stereocenters. The number of Topliss-reactive ketones (excluding diaryl/α,β-unsaturated/α-hetero) is 1. The summed E-state index contributed by atoms with van der Waals surface area (Å²) in [5.41, 5.74) is 1.84. The van der Waals surface area contributed by atoms with Crippen LogP contribution in [0.5, 0.6) is 11.5 Å². The molecule has 35 heavy (non-hydrogen) atoms. The van der Waals surface area contributed by atoms with Crippen LogP contribution in [0.4, 0.5) is 5.69 Å². The number of aromatic carboxylic acids is 1. The number of carbonyl (C=O) groups excluding carboxylic acids is 2. The molecule has 3 aromatic carbocycles. The Balaban J connectivity index is 1.98. The Hall–Kier alpha value is -4.59. The number of ketones is 1. The number of carboxylic acids is 1. The molecule has 8 nitrogen and oxygen atoms in total. The Bertz CT molecular complexity index is 1360. The zero-order valence-corrected chi connectivity index (χ0v) is 19.3. The van der Waals surface area contributed by atoms with Gasteiger partial charge >= 0.3 is 5.97 Å². The summed E-state index contributed by atoms with van der Waals surface area (Å²) in [6.45, 7) is 1.89. The molecule has 1 aliphatic heterocycles. The molecule has 0 radical (unpaired) electrons. The summed E-state index contributed by atoms with van der Waals surface area (Å²) < 4.78 is 10.7. The van der Waals surface area contributed by atoms with Crippen LogP contribution in [0.15, 0.2) is 72.3 Å². The van der Waals surface area contributed by atoms with Crippen LogP contribution in [0.2, 0.25) is 0 Å². The number of methoxy groups -OCH3 is 2. The van der Waals surface area contributed by atoms with Gasteiger partial charge in [0, 0.05) is 11.3 Å². The van der Waals surface area contributed by atoms with E-state index in [1.165, 1.54) is 43.4 Å². The first-order chi connectivity index (χ1) is 16.8. The van der Waals surface area contributed by atoms with E-state index >= 15 is 0 Å². The topological polar surface area (TPSA) is 113 Å². The third kappa shape index (κ3) is 4.21. The molecular weight excluding hydrogens is 450 g/mol. The maximum absolute atomic E-state index is 13.3. The Morgan fingerprint density at radius 1 is 0.857 bits per heavy atom. The molecule has 8 heteroatoms. The minimum atomic E-state index is -1.18. The van der Waals surface area contributed by atoms with Crippen LogP contribution in [0, 0.1) is 6.92 Å². The second kappa shape index (κ2) is 9.34. The Labute approximate surface area is 201 Å². The fourth-order valence-corrected chi connectivity index (χ4v) is 4.09. The fraction of sp³-hybridized carbons (Fsp3) is 0.148. The summed E-state index contributed by atoms with van der Waals surface area (Å²) in [4.78, 5) is 39.3. The number of carbonyl (C=O) groups is 3. The maximum atomic E-state index is 13.3. The summed E-state index contributed by atoms with van der Waals surface area (Å²) in [7, 11) is 2.94. The smallest absolute Gasteiger partial charge is 0.335 e. The summed E-state index contributed by atoms with van der Waals surface area (Å²) >= 11 is 0. The van der Waals surface area contributed by atoms with Crippen LogP contribution >= 0.6 is 0 Å². The number of aliphatic hydroxyl groups is 1. The Kier molecular flexibility index (Phi) is 6.29. The van der Waals surface area contributed by atoms with Gasteiger partial charge in [-0.1, -0.05) is 42.0 Å². The minimum absolute atomic E-state index is 0.0472. The van der Waals surface area contributed by atoms with Gasteiger partial charge in [-0.25, -0.2) is 4.79 Å². The van der Waals surface area contributed by atoms with Crippen LogP contribution in [0.3, 0.4) is 0 Å². The second-order valence-electron chi connectivity index (χ2n) is 8.01. The van der Waals surface area contributed by atoms with Crippen molar-refractivity contribution in [2.45, 2.75) is 13.0 Å². The van der Waals surface area contributed by atoms with Gasteiger partial charge in [-0.2, -0.15) is 0 Å². The predicted molar refractivity (Wildman–Crippen MR) is 129 cm³/mol. The van der Waals surface area contributed by atoms with Crippen LogP contribution in [-0.2, 0) is 9.59 Å². The van der Waals surface area contributed by atoms with E-state index in [9.17, 15) is 24.6 Å². The van der Waals surface area contributed by atoms with Gasteiger partial charge in [0.2, 0.25) is 0 Å². The normalized spacial score (nSPS) is 16.9. The van der Waals surface area contributed by atoms with E-state index in [-0.39, 0.29) is 22.6 Å². The Morgan fingerprint density at radius 2 is 1.54 bits per heavy atom. The van der Waals surface area contributed by atoms with Crippen molar-refractivity contribution in [3.63, 3.8) is 0 Å². The van der Waals surface area contributed by atoms with Gasteiger partial charge in [0.1, 0.15) is 5.76 Å². The zero-order valence-electron chi connectivity index (χ0n) is 19.3. The van der Waals surface area contributed by atoms with Crippen molar-refractivity contribution >= 4 is 29.1 Å². The molecule has 1 aliphatic rings. The zero-order chi connectivity index (χ0) is 25.3. The van der Waals surface area contributed by atoms with Crippen molar-refractivity contribution in [3.8, 4) is 11.5 Å². The molecule has 0 aromatic heterocycles. The highest BCUT2D eigenvalue weighted by atomic mass is 16.5. The molecule has 0 aliphatic carbocycles. The molecule has 178 valence electrons. The average molecular weight is 473 g/mol. The van der Waals surface area contributed by atoms with Gasteiger partial charge in [-0.15, -0.1) is 0 Å². The molecule has 1 saturated heterocycles. The van der Waals surface area contributed by atoms with Crippen LogP contribution in [0.1, 0.15) is 33.1 Å². The van der Waals surface area contributed by atoms with E-state index in [2.05, 4.69) is 0 Å². The number of hydrogen-bond acceptors (Lipinski definition) is 6. The highest BCUT2D eigenvalue weighted by molar-refractivity contribution is 6.51. The lowest BCUT2D eigenvalue weighted by Crippen LogP contribution is -2.29. The molecule has 0 bridgehead atoms. The van der Waals surface area contributed by atoms with E-state index in [1.54, 1.807) is 42.5 Å². The standard InChI is InChI=1S/C27H23NO7/c1-15-7-9-16(10-8-15)24(29)22-23(17-11-12-20(34-2)21(14-17)35-3)28(26(31)25(22)30)19-6-4-5-18(13-19)27(32)33/h4-14,23,29H,1-3H3,(H,32,33)/b24-22+. The molecule has 4 rings (SSSR count). The first kappa shape index (κ1) is 23.6. The van der Waals surface area contributed by atoms with Crippen molar-refractivity contribution < 1.29 is 34.1 Å². The number of amides is 1. The van der Waals surface area contributed by atoms with Crippen molar-refractivity contribution in [1.29, 1.82) is 0 Å². The number of hydrogen-bond donors (Lipinski definition) is 2. The SMILES string of the molecule is COc1ccc(C2/C(=C(\O)c3ccc(C)cc3)C(=O)C(=O)N2c2cccc(C(=O)O)c2)cc1OC. The average Bonchev–Trinajstić information content (AvgIpc) is 3.13. The van der Waals surface area contributed by atoms with Gasteiger partial charge < -0.3 is 19.7 Å². The molecule has 1 fully saturated rings. The second-order valence-corrected chi connectivity index (χ2v) is 8.01. The number of carboxylic acid groups (broad SMARTS) is 1. The number of aryl methyl sites for hydroxylation is 1. The van der Waals surface area contributed by atoms with Gasteiger partial charge in [0.25, 0.3) is 11.7 Å². The molecule has 3 aromatic rings. The van der Waals surface area contributed by atoms with E-state index in [0.717, 1.165) is 5.56 Å². The van der Waals surface area contributed by atoms with E-state index < -0.39 is 23.7 Å². The molecule has 0 saturated carbocycles. The van der Waals surface area contributed by atoms with Crippen molar-refractivity contribution in [3.05, 3.63) is 94.6 Å². The lowest BCUT2D eigenvalue weighted by Gasteiger charge is -2.26. The number of nitrogens with zero attached hydrogens (tertiary/aromatic N) is 1. The number of aliphatic hydroxyl groups excluding tert-OH is 1. The number of ether oxygens (including phenoxy) is 2. The summed E-state index contributed by atoms with van der Waals surface area (Å²) in [6, 6.07) is 16.5. The van der Waals surface area contributed by atoms with Crippen molar-refractivity contribution in [2.75, 3.05) is 19.1 Å². The van der Waals surface area contributed by atoms with Gasteiger partial charge in [0.15, 0.2) is 11.5 Å². The number of benzene rings is 3. The predicted octanol–water partition coefficient (Wildman–Crippen LogP) is 4.34. The first-order valence-electron chi connectivity index (χ1n) is 10.7. The lowest BCUT2D eigenvalue weighted by atomic mass is 9.94. The molecule has 1 amide bonds. The van der Waals surface area contributed by atoms with E-state index in [1.807, 2.05) is 6.92 Å². The highest BCUT2D eigenvalue weighted by Crippen LogP contribution is 2.44. The molecule has 0 spiro atoms. The summed E-state index contributed by atoms with van der Waals surface area (Å²) in [5, 5.41) is 20.6. The monoisotopic (exact) mass is 473 g/mol. The van der Waals surface area contributed by atoms with Crippen molar-refractivity contribution in [1.82, 2.24) is 0 Å². The number of anilines is 1. The summed E-state index contributed by atoms with van der Waals surface area (Å²) in [5.74, 6) is -2.47. The van der Waals surface area contributed by atoms with Crippen LogP contribution in [0.25, 0.3) is 5.76 Å². The van der Waals surface area contributed by atoms with Crippen LogP contribution < -0.4 is 14.4 Å². The van der Waals surface area contributed by atoms with Gasteiger partial charge in [-0.05, 0) is 42.8 Å². The number of rotatable bonds is 6. The summed E-state index contributed by atoms with van der Waals surface area (Å²) in [6.07, 6.45) is 0. The minimum Gasteiger partial charge on any atom is -0.507 e. The molecule has 2 N–H and O–H groups in total.